The molecule has 0 saturated carbocycles. The van der Waals surface area contributed by atoms with Crippen molar-refractivity contribution in [3.63, 3.8) is 0 Å². The van der Waals surface area contributed by atoms with Gasteiger partial charge in [0.1, 0.15) is 11.6 Å². The minimum Gasteiger partial charge on any atom is -0.484 e. The number of amides is 1. The van der Waals surface area contributed by atoms with Crippen LogP contribution in [0.3, 0.4) is 0 Å². The van der Waals surface area contributed by atoms with Crippen molar-refractivity contribution >= 4 is 16.9 Å². The van der Waals surface area contributed by atoms with E-state index in [1.165, 1.54) is 16.7 Å². The standard InChI is InChI=1S/C27H29N3O2/c1-20-14-15-21(2)22(17-20)18-30-25-12-7-6-11-24(25)29-26(30)13-8-16-28-27(31)19-32-23-9-4-3-5-10-23/h3-7,9-12,14-15,17H,8,13,16,18-19H2,1-2H3,(H,28,31). The minimum absolute atomic E-state index is 0.0230. The Hall–Kier alpha value is -3.60. The van der Waals surface area contributed by atoms with Gasteiger partial charge in [-0.1, -0.05) is 54.1 Å². The van der Waals surface area contributed by atoms with Crippen LogP contribution in [-0.2, 0) is 17.8 Å². The van der Waals surface area contributed by atoms with Gasteiger partial charge in [-0.3, -0.25) is 4.79 Å². The van der Waals surface area contributed by atoms with E-state index in [1.54, 1.807) is 0 Å². The lowest BCUT2D eigenvalue weighted by molar-refractivity contribution is -0.123. The Morgan fingerprint density at radius 2 is 1.78 bits per heavy atom. The van der Waals surface area contributed by atoms with Crippen LogP contribution in [0.15, 0.2) is 72.8 Å². The maximum atomic E-state index is 12.1. The first-order chi connectivity index (χ1) is 15.6. The summed E-state index contributed by atoms with van der Waals surface area (Å²) >= 11 is 0. The fourth-order valence-electron chi connectivity index (χ4n) is 3.82. The summed E-state index contributed by atoms with van der Waals surface area (Å²) in [4.78, 5) is 17.0. The molecule has 0 atom stereocenters. The SMILES string of the molecule is Cc1ccc(C)c(Cn2c(CCCNC(=O)COc3ccccc3)nc3ccccc32)c1. The fourth-order valence-corrected chi connectivity index (χ4v) is 3.82. The molecule has 0 bridgehead atoms. The second kappa shape index (κ2) is 10.1. The fraction of sp³-hybridized carbons (Fsp3) is 0.259. The molecule has 0 fully saturated rings. The highest BCUT2D eigenvalue weighted by Crippen LogP contribution is 2.21. The molecule has 1 aromatic heterocycles. The third kappa shape index (κ3) is 5.35. The average Bonchev–Trinajstić information content (AvgIpc) is 3.16. The quantitative estimate of drug-likeness (QED) is 0.389. The predicted molar refractivity (Wildman–Crippen MR) is 128 cm³/mol. The molecule has 0 spiro atoms. The zero-order chi connectivity index (χ0) is 22.3. The third-order valence-corrected chi connectivity index (χ3v) is 5.58. The molecular formula is C27H29N3O2. The normalized spacial score (nSPS) is 10.9. The summed E-state index contributed by atoms with van der Waals surface area (Å²) in [5, 5.41) is 2.94. The van der Waals surface area contributed by atoms with Crippen molar-refractivity contribution in [2.45, 2.75) is 33.2 Å². The second-order valence-electron chi connectivity index (χ2n) is 8.09. The van der Waals surface area contributed by atoms with Gasteiger partial charge in [-0.15, -0.1) is 0 Å². The highest BCUT2D eigenvalue weighted by atomic mass is 16.5. The number of rotatable bonds is 9. The Labute approximate surface area is 189 Å². The molecule has 0 radical (unpaired) electrons. The first kappa shape index (κ1) is 21.6. The first-order valence-electron chi connectivity index (χ1n) is 11.0. The molecular weight excluding hydrogens is 398 g/mol. The van der Waals surface area contributed by atoms with Crippen molar-refractivity contribution in [2.24, 2.45) is 0 Å². The van der Waals surface area contributed by atoms with Crippen molar-refractivity contribution in [2.75, 3.05) is 13.2 Å². The van der Waals surface area contributed by atoms with Gasteiger partial charge < -0.3 is 14.6 Å². The number of carbonyl (C=O) groups excluding carboxylic acids is 1. The van der Waals surface area contributed by atoms with Gasteiger partial charge in [0.2, 0.25) is 0 Å². The Morgan fingerprint density at radius 1 is 1.00 bits per heavy atom. The van der Waals surface area contributed by atoms with E-state index in [2.05, 4.69) is 60.1 Å². The largest absolute Gasteiger partial charge is 0.484 e. The Kier molecular flexibility index (Phi) is 6.85. The van der Waals surface area contributed by atoms with Gasteiger partial charge >= 0.3 is 0 Å². The highest BCUT2D eigenvalue weighted by molar-refractivity contribution is 5.77. The van der Waals surface area contributed by atoms with Crippen molar-refractivity contribution in [1.82, 2.24) is 14.9 Å². The number of benzene rings is 3. The summed E-state index contributed by atoms with van der Waals surface area (Å²) in [6.45, 7) is 5.68. The summed E-state index contributed by atoms with van der Waals surface area (Å²) < 4.78 is 7.80. The first-order valence-corrected chi connectivity index (χ1v) is 11.0. The molecule has 5 heteroatoms. The summed E-state index contributed by atoms with van der Waals surface area (Å²) in [5.41, 5.74) is 6.00. The molecule has 0 aliphatic heterocycles. The molecule has 0 saturated heterocycles. The molecule has 4 aromatic rings. The van der Waals surface area contributed by atoms with E-state index in [4.69, 9.17) is 9.72 Å². The van der Waals surface area contributed by atoms with Crippen LogP contribution >= 0.6 is 0 Å². The summed E-state index contributed by atoms with van der Waals surface area (Å²) in [6, 6.07) is 24.2. The molecule has 1 heterocycles. The molecule has 5 nitrogen and oxygen atoms in total. The monoisotopic (exact) mass is 427 g/mol. The number of nitrogens with zero attached hydrogens (tertiary/aromatic N) is 2. The lowest BCUT2D eigenvalue weighted by atomic mass is 10.1. The lowest BCUT2D eigenvalue weighted by Crippen LogP contribution is -2.30. The van der Waals surface area contributed by atoms with Crippen LogP contribution in [0.25, 0.3) is 11.0 Å². The number of aromatic nitrogens is 2. The van der Waals surface area contributed by atoms with Gasteiger partial charge in [-0.25, -0.2) is 4.98 Å². The van der Waals surface area contributed by atoms with Gasteiger partial charge in [-0.05, 0) is 55.7 Å². The van der Waals surface area contributed by atoms with E-state index in [0.29, 0.717) is 12.3 Å². The lowest BCUT2D eigenvalue weighted by Gasteiger charge is -2.13. The number of aryl methyl sites for hydroxylation is 3. The van der Waals surface area contributed by atoms with Crippen molar-refractivity contribution < 1.29 is 9.53 Å². The zero-order valence-electron chi connectivity index (χ0n) is 18.7. The van der Waals surface area contributed by atoms with E-state index in [0.717, 1.165) is 36.2 Å². The van der Waals surface area contributed by atoms with Crippen LogP contribution in [0, 0.1) is 13.8 Å². The van der Waals surface area contributed by atoms with Crippen molar-refractivity contribution in [1.29, 1.82) is 0 Å². The van der Waals surface area contributed by atoms with Crippen molar-refractivity contribution in [3.8, 4) is 5.75 Å². The number of ether oxygens (including phenoxy) is 1. The Morgan fingerprint density at radius 3 is 2.62 bits per heavy atom. The van der Waals surface area contributed by atoms with Gasteiger partial charge in [0, 0.05) is 19.5 Å². The number of imidazole rings is 1. The maximum absolute atomic E-state index is 12.1. The van der Waals surface area contributed by atoms with E-state index in [-0.39, 0.29) is 12.5 Å². The number of carbonyl (C=O) groups is 1. The molecule has 4 rings (SSSR count). The van der Waals surface area contributed by atoms with Gasteiger partial charge in [0.15, 0.2) is 6.61 Å². The zero-order valence-corrected chi connectivity index (χ0v) is 18.7. The summed E-state index contributed by atoms with van der Waals surface area (Å²) in [7, 11) is 0. The minimum atomic E-state index is -0.113. The van der Waals surface area contributed by atoms with E-state index in [1.807, 2.05) is 36.4 Å². The number of nitrogens with one attached hydrogen (secondary N) is 1. The molecule has 3 aromatic carbocycles. The molecule has 0 unspecified atom stereocenters. The van der Waals surface area contributed by atoms with E-state index < -0.39 is 0 Å². The number of fused-ring (bicyclic) bond motifs is 1. The van der Waals surface area contributed by atoms with E-state index >= 15 is 0 Å². The molecule has 0 aliphatic rings. The van der Waals surface area contributed by atoms with Gasteiger partial charge in [0.05, 0.1) is 11.0 Å². The number of hydrogen-bond acceptors (Lipinski definition) is 3. The van der Waals surface area contributed by atoms with Gasteiger partial charge in [-0.2, -0.15) is 0 Å². The molecule has 1 N–H and O–H groups in total. The molecule has 1 amide bonds. The van der Waals surface area contributed by atoms with E-state index in [9.17, 15) is 4.79 Å². The van der Waals surface area contributed by atoms with Crippen LogP contribution < -0.4 is 10.1 Å². The summed E-state index contributed by atoms with van der Waals surface area (Å²) in [6.07, 6.45) is 1.60. The smallest absolute Gasteiger partial charge is 0.257 e. The van der Waals surface area contributed by atoms with Crippen LogP contribution in [0.4, 0.5) is 0 Å². The van der Waals surface area contributed by atoms with Crippen molar-refractivity contribution in [3.05, 3.63) is 95.3 Å². The van der Waals surface area contributed by atoms with Crippen LogP contribution in [0.1, 0.15) is 28.9 Å². The predicted octanol–water partition coefficient (Wildman–Crippen LogP) is 4.83. The average molecular weight is 428 g/mol. The maximum Gasteiger partial charge on any atom is 0.257 e. The van der Waals surface area contributed by atoms with Crippen LogP contribution in [-0.4, -0.2) is 28.6 Å². The third-order valence-electron chi connectivity index (χ3n) is 5.58. The topological polar surface area (TPSA) is 56.2 Å². The number of hydrogen-bond donors (Lipinski definition) is 1. The number of para-hydroxylation sites is 3. The molecule has 164 valence electrons. The van der Waals surface area contributed by atoms with Crippen LogP contribution in [0.2, 0.25) is 0 Å². The Balaban J connectivity index is 1.38. The molecule has 32 heavy (non-hydrogen) atoms. The highest BCUT2D eigenvalue weighted by Gasteiger charge is 2.12. The molecule has 0 aliphatic carbocycles. The van der Waals surface area contributed by atoms with Gasteiger partial charge in [0.25, 0.3) is 5.91 Å². The Bertz CT molecular complexity index is 1200. The van der Waals surface area contributed by atoms with Crippen LogP contribution in [0.5, 0.6) is 5.75 Å². The second-order valence-corrected chi connectivity index (χ2v) is 8.09. The summed E-state index contributed by atoms with van der Waals surface area (Å²) in [5.74, 6) is 1.63.